The summed E-state index contributed by atoms with van der Waals surface area (Å²) < 4.78 is 3.30. The molecule has 0 amide bonds. The van der Waals surface area contributed by atoms with E-state index in [1.807, 2.05) is 19.9 Å². The number of rotatable bonds is 7. The molecule has 8 heteroatoms. The summed E-state index contributed by atoms with van der Waals surface area (Å²) in [6, 6.07) is 3.62. The van der Waals surface area contributed by atoms with Crippen molar-refractivity contribution >= 4 is 11.6 Å². The molecule has 8 nitrogen and oxygen atoms in total. The topological polar surface area (TPSA) is 85.1 Å². The van der Waals surface area contributed by atoms with Crippen LogP contribution in [0.2, 0.25) is 0 Å². The summed E-state index contributed by atoms with van der Waals surface area (Å²) in [4.78, 5) is 31.3. The Morgan fingerprint density at radius 1 is 1.17 bits per heavy atom. The second-order valence-corrected chi connectivity index (χ2v) is 8.47. The number of aromatic nitrogens is 4. The average Bonchev–Trinajstić information content (AvgIpc) is 3.53. The minimum absolute atomic E-state index is 0.0160. The van der Waals surface area contributed by atoms with E-state index < -0.39 is 0 Å². The van der Waals surface area contributed by atoms with Crippen LogP contribution in [-0.4, -0.2) is 38.5 Å². The van der Waals surface area contributed by atoms with Crippen LogP contribution in [0.4, 0.5) is 11.6 Å². The van der Waals surface area contributed by atoms with Crippen molar-refractivity contribution in [3.8, 4) is 0 Å². The van der Waals surface area contributed by atoms with Gasteiger partial charge in [0.05, 0.1) is 6.04 Å². The van der Waals surface area contributed by atoms with Crippen LogP contribution in [0.3, 0.4) is 0 Å². The van der Waals surface area contributed by atoms with Gasteiger partial charge in [0, 0.05) is 44.1 Å². The van der Waals surface area contributed by atoms with Crippen molar-refractivity contribution < 1.29 is 0 Å². The van der Waals surface area contributed by atoms with Gasteiger partial charge in [0.1, 0.15) is 5.82 Å². The highest BCUT2D eigenvalue weighted by Crippen LogP contribution is 2.30. The molecule has 156 valence electrons. The lowest BCUT2D eigenvalue weighted by Crippen LogP contribution is -2.45. The highest BCUT2D eigenvalue weighted by Gasteiger charge is 2.25. The maximum atomic E-state index is 12.7. The van der Waals surface area contributed by atoms with Gasteiger partial charge in [0.2, 0.25) is 0 Å². The number of anilines is 2. The summed E-state index contributed by atoms with van der Waals surface area (Å²) in [5, 5.41) is 7.88. The van der Waals surface area contributed by atoms with Crippen molar-refractivity contribution in [2.45, 2.75) is 64.6 Å². The van der Waals surface area contributed by atoms with Gasteiger partial charge >= 0.3 is 0 Å². The first-order valence-corrected chi connectivity index (χ1v) is 10.7. The van der Waals surface area contributed by atoms with Gasteiger partial charge in [-0.25, -0.2) is 9.67 Å². The number of hydrogen-bond acceptors (Lipinski definition) is 6. The van der Waals surface area contributed by atoms with Gasteiger partial charge in [-0.2, -0.15) is 5.10 Å². The van der Waals surface area contributed by atoms with E-state index in [4.69, 9.17) is 0 Å². The third-order valence-corrected chi connectivity index (χ3v) is 5.79. The Labute approximate surface area is 170 Å². The van der Waals surface area contributed by atoms with Crippen LogP contribution >= 0.6 is 0 Å². The standard InChI is InChI=1S/C21H30N6O2/c1-15(2)27-19(28)9-8-18(24-27)26-11-4-3-5-17(26)13-23-20-21(29)25(12-10-22-20)14-16-6-7-16/h8-10,12,15-17H,3-7,11,13-14H2,1-2H3,(H,22,23). The van der Waals surface area contributed by atoms with Gasteiger partial charge < -0.3 is 14.8 Å². The van der Waals surface area contributed by atoms with Gasteiger partial charge in [-0.05, 0) is 57.9 Å². The smallest absolute Gasteiger partial charge is 0.293 e. The number of nitrogens with one attached hydrogen (secondary N) is 1. The molecule has 1 saturated heterocycles. The van der Waals surface area contributed by atoms with Gasteiger partial charge in [0.25, 0.3) is 11.1 Å². The fraction of sp³-hybridized carbons (Fsp3) is 0.619. The normalized spacial score (nSPS) is 19.6. The van der Waals surface area contributed by atoms with Crippen molar-refractivity contribution in [3.05, 3.63) is 45.2 Å². The molecule has 2 aliphatic rings. The molecule has 29 heavy (non-hydrogen) atoms. The van der Waals surface area contributed by atoms with Crippen LogP contribution in [0.15, 0.2) is 34.1 Å². The van der Waals surface area contributed by atoms with E-state index in [1.165, 1.54) is 17.5 Å². The van der Waals surface area contributed by atoms with Gasteiger partial charge in [-0.3, -0.25) is 9.59 Å². The number of hydrogen-bond donors (Lipinski definition) is 1. The molecule has 0 bridgehead atoms. The van der Waals surface area contributed by atoms with Crippen LogP contribution in [-0.2, 0) is 6.54 Å². The Balaban J connectivity index is 1.50. The Kier molecular flexibility index (Phi) is 5.69. The third-order valence-electron chi connectivity index (χ3n) is 5.79. The van der Waals surface area contributed by atoms with Crippen LogP contribution in [0.1, 0.15) is 52.0 Å². The zero-order valence-electron chi connectivity index (χ0n) is 17.3. The lowest BCUT2D eigenvalue weighted by atomic mass is 10.0. The maximum Gasteiger partial charge on any atom is 0.293 e. The molecule has 2 fully saturated rings. The van der Waals surface area contributed by atoms with E-state index in [9.17, 15) is 9.59 Å². The Morgan fingerprint density at radius 2 is 2.00 bits per heavy atom. The molecule has 0 spiro atoms. The molecule has 3 heterocycles. The van der Waals surface area contributed by atoms with E-state index in [0.29, 0.717) is 18.3 Å². The molecular formula is C21H30N6O2. The molecule has 1 N–H and O–H groups in total. The fourth-order valence-electron chi connectivity index (χ4n) is 3.96. The van der Waals surface area contributed by atoms with E-state index in [1.54, 1.807) is 23.0 Å². The fourth-order valence-corrected chi connectivity index (χ4v) is 3.96. The highest BCUT2D eigenvalue weighted by atomic mass is 16.1. The van der Waals surface area contributed by atoms with Crippen LogP contribution < -0.4 is 21.3 Å². The summed E-state index contributed by atoms with van der Waals surface area (Å²) in [7, 11) is 0. The van der Waals surface area contributed by atoms with E-state index in [2.05, 4.69) is 20.3 Å². The molecule has 2 aromatic rings. The summed E-state index contributed by atoms with van der Waals surface area (Å²) in [6.45, 7) is 6.22. The first-order chi connectivity index (χ1) is 14.0. The molecule has 2 aromatic heterocycles. The first-order valence-electron chi connectivity index (χ1n) is 10.7. The molecule has 1 aliphatic carbocycles. The molecule has 1 saturated carbocycles. The van der Waals surface area contributed by atoms with Crippen LogP contribution in [0, 0.1) is 5.92 Å². The van der Waals surface area contributed by atoms with Gasteiger partial charge in [-0.1, -0.05) is 0 Å². The Hall–Kier alpha value is -2.64. The summed E-state index contributed by atoms with van der Waals surface area (Å²) in [6.07, 6.45) is 9.14. The van der Waals surface area contributed by atoms with E-state index in [-0.39, 0.29) is 23.2 Å². The monoisotopic (exact) mass is 398 g/mol. The molecule has 1 atom stereocenters. The van der Waals surface area contributed by atoms with Crippen molar-refractivity contribution in [1.29, 1.82) is 0 Å². The quantitative estimate of drug-likeness (QED) is 0.770. The average molecular weight is 399 g/mol. The minimum atomic E-state index is -0.0832. The van der Waals surface area contributed by atoms with Crippen molar-refractivity contribution in [1.82, 2.24) is 19.3 Å². The maximum absolute atomic E-state index is 12.7. The van der Waals surface area contributed by atoms with Crippen LogP contribution in [0.25, 0.3) is 0 Å². The van der Waals surface area contributed by atoms with Gasteiger partial charge in [0.15, 0.2) is 5.82 Å². The highest BCUT2D eigenvalue weighted by molar-refractivity contribution is 5.40. The molecule has 0 radical (unpaired) electrons. The molecule has 1 aliphatic heterocycles. The SMILES string of the molecule is CC(C)n1nc(N2CCCCC2CNc2nccn(CC3CC3)c2=O)ccc1=O. The van der Waals surface area contributed by atoms with Crippen LogP contribution in [0.5, 0.6) is 0 Å². The third kappa shape index (κ3) is 4.52. The van der Waals surface area contributed by atoms with Gasteiger partial charge in [-0.15, -0.1) is 0 Å². The molecule has 1 unspecified atom stereocenters. The zero-order chi connectivity index (χ0) is 20.4. The van der Waals surface area contributed by atoms with E-state index >= 15 is 0 Å². The summed E-state index contributed by atoms with van der Waals surface area (Å²) in [5.74, 6) is 1.87. The Morgan fingerprint density at radius 3 is 2.76 bits per heavy atom. The zero-order valence-corrected chi connectivity index (χ0v) is 17.3. The van der Waals surface area contributed by atoms with E-state index in [0.717, 1.165) is 38.2 Å². The first kappa shape index (κ1) is 19.7. The molecular weight excluding hydrogens is 368 g/mol. The number of nitrogens with zero attached hydrogens (tertiary/aromatic N) is 5. The van der Waals surface area contributed by atoms with Crippen molar-refractivity contribution in [2.24, 2.45) is 5.92 Å². The molecule has 0 aromatic carbocycles. The van der Waals surface area contributed by atoms with Crippen molar-refractivity contribution in [3.63, 3.8) is 0 Å². The molecule has 4 rings (SSSR count). The lowest BCUT2D eigenvalue weighted by molar-refractivity contribution is 0.451. The lowest BCUT2D eigenvalue weighted by Gasteiger charge is -2.37. The second kappa shape index (κ2) is 8.39. The second-order valence-electron chi connectivity index (χ2n) is 8.47. The summed E-state index contributed by atoms with van der Waals surface area (Å²) >= 11 is 0. The predicted molar refractivity (Wildman–Crippen MR) is 114 cm³/mol. The summed E-state index contributed by atoms with van der Waals surface area (Å²) in [5.41, 5.74) is -0.131. The number of piperidine rings is 1. The Bertz CT molecular complexity index is 962. The predicted octanol–water partition coefficient (Wildman–Crippen LogP) is 2.26. The largest absolute Gasteiger partial charge is 0.363 e. The van der Waals surface area contributed by atoms with Crippen molar-refractivity contribution in [2.75, 3.05) is 23.3 Å². The minimum Gasteiger partial charge on any atom is -0.363 e.